The third kappa shape index (κ3) is 2.57. The number of hydrogen-bond acceptors (Lipinski definition) is 5. The van der Waals surface area contributed by atoms with E-state index in [-0.39, 0.29) is 12.2 Å². The van der Waals surface area contributed by atoms with Crippen molar-refractivity contribution in [3.05, 3.63) is 58.2 Å². The Hall–Kier alpha value is -2.57. The number of benzene rings is 1. The van der Waals surface area contributed by atoms with E-state index in [1.807, 2.05) is 0 Å². The van der Waals surface area contributed by atoms with Crippen LogP contribution in [0.1, 0.15) is 5.69 Å². The SMILES string of the molecule is O=[N+]([O-])c1c(F)cccc1NCc1cccnn1. The fourth-order valence-electron chi connectivity index (χ4n) is 1.46. The van der Waals surface area contributed by atoms with Crippen molar-refractivity contribution in [3.63, 3.8) is 0 Å². The number of halogens is 1. The number of nitro benzene ring substituents is 1. The molecule has 2 rings (SSSR count). The zero-order valence-corrected chi connectivity index (χ0v) is 9.21. The Morgan fingerprint density at radius 1 is 1.33 bits per heavy atom. The van der Waals surface area contributed by atoms with Crippen LogP contribution in [0.4, 0.5) is 15.8 Å². The molecule has 1 heterocycles. The first kappa shape index (κ1) is 11.9. The fourth-order valence-corrected chi connectivity index (χ4v) is 1.46. The Kier molecular flexibility index (Phi) is 3.42. The Balaban J connectivity index is 2.20. The molecule has 0 spiro atoms. The van der Waals surface area contributed by atoms with Gasteiger partial charge in [-0.15, -0.1) is 0 Å². The normalized spacial score (nSPS) is 10.1. The monoisotopic (exact) mass is 248 g/mol. The summed E-state index contributed by atoms with van der Waals surface area (Å²) in [4.78, 5) is 10.00. The predicted octanol–water partition coefficient (Wildman–Crippen LogP) is 2.14. The number of nitrogens with zero attached hydrogens (tertiary/aromatic N) is 3. The lowest BCUT2D eigenvalue weighted by atomic mass is 10.2. The third-order valence-electron chi connectivity index (χ3n) is 2.26. The van der Waals surface area contributed by atoms with Crippen molar-refractivity contribution in [2.45, 2.75) is 6.54 Å². The molecule has 1 aromatic heterocycles. The van der Waals surface area contributed by atoms with E-state index < -0.39 is 16.4 Å². The molecule has 0 atom stereocenters. The second kappa shape index (κ2) is 5.17. The van der Waals surface area contributed by atoms with Crippen LogP contribution in [0.25, 0.3) is 0 Å². The number of para-hydroxylation sites is 1. The van der Waals surface area contributed by atoms with Crippen molar-refractivity contribution in [1.82, 2.24) is 10.2 Å². The summed E-state index contributed by atoms with van der Waals surface area (Å²) in [6, 6.07) is 7.31. The van der Waals surface area contributed by atoms with Gasteiger partial charge in [-0.2, -0.15) is 14.6 Å². The fraction of sp³-hybridized carbons (Fsp3) is 0.0909. The first-order valence-corrected chi connectivity index (χ1v) is 5.12. The minimum Gasteiger partial charge on any atom is -0.374 e. The van der Waals surface area contributed by atoms with Gasteiger partial charge in [0, 0.05) is 6.20 Å². The molecule has 0 saturated carbocycles. The van der Waals surface area contributed by atoms with Gasteiger partial charge < -0.3 is 5.32 Å². The molecule has 0 aliphatic rings. The quantitative estimate of drug-likeness (QED) is 0.662. The van der Waals surface area contributed by atoms with E-state index in [9.17, 15) is 14.5 Å². The van der Waals surface area contributed by atoms with Crippen LogP contribution in [0.3, 0.4) is 0 Å². The van der Waals surface area contributed by atoms with Crippen LogP contribution in [0.2, 0.25) is 0 Å². The summed E-state index contributed by atoms with van der Waals surface area (Å²) in [5.74, 6) is -0.871. The van der Waals surface area contributed by atoms with E-state index in [1.165, 1.54) is 18.3 Å². The molecule has 0 aliphatic carbocycles. The number of aromatic nitrogens is 2. The lowest BCUT2D eigenvalue weighted by Gasteiger charge is -2.06. The third-order valence-corrected chi connectivity index (χ3v) is 2.26. The molecule has 0 radical (unpaired) electrons. The zero-order chi connectivity index (χ0) is 13.0. The zero-order valence-electron chi connectivity index (χ0n) is 9.21. The van der Waals surface area contributed by atoms with Crippen molar-refractivity contribution in [1.29, 1.82) is 0 Å². The van der Waals surface area contributed by atoms with Gasteiger partial charge in [0.25, 0.3) is 0 Å². The van der Waals surface area contributed by atoms with Gasteiger partial charge in [-0.1, -0.05) is 6.07 Å². The van der Waals surface area contributed by atoms with Crippen LogP contribution in [-0.4, -0.2) is 15.1 Å². The van der Waals surface area contributed by atoms with Crippen LogP contribution < -0.4 is 5.32 Å². The van der Waals surface area contributed by atoms with Crippen molar-refractivity contribution in [2.24, 2.45) is 0 Å². The van der Waals surface area contributed by atoms with Crippen molar-refractivity contribution < 1.29 is 9.31 Å². The van der Waals surface area contributed by atoms with Gasteiger partial charge in [0.1, 0.15) is 5.69 Å². The average Bonchev–Trinajstić information content (AvgIpc) is 2.37. The van der Waals surface area contributed by atoms with Gasteiger partial charge in [0.05, 0.1) is 17.2 Å². The summed E-state index contributed by atoms with van der Waals surface area (Å²) in [6.45, 7) is 0.234. The van der Waals surface area contributed by atoms with E-state index in [0.717, 1.165) is 6.07 Å². The molecule has 0 saturated heterocycles. The lowest BCUT2D eigenvalue weighted by molar-refractivity contribution is -0.386. The minimum atomic E-state index is -0.871. The van der Waals surface area contributed by atoms with Crippen molar-refractivity contribution >= 4 is 11.4 Å². The summed E-state index contributed by atoms with van der Waals surface area (Å²) >= 11 is 0. The summed E-state index contributed by atoms with van der Waals surface area (Å²) in [6.07, 6.45) is 1.52. The smallest absolute Gasteiger partial charge is 0.327 e. The van der Waals surface area contributed by atoms with Crippen LogP contribution in [0.5, 0.6) is 0 Å². The van der Waals surface area contributed by atoms with Gasteiger partial charge in [0.2, 0.25) is 5.82 Å². The second-order valence-electron chi connectivity index (χ2n) is 3.46. The van der Waals surface area contributed by atoms with Crippen LogP contribution in [0, 0.1) is 15.9 Å². The highest BCUT2D eigenvalue weighted by Gasteiger charge is 2.19. The minimum absolute atomic E-state index is 0.116. The van der Waals surface area contributed by atoms with Crippen molar-refractivity contribution in [2.75, 3.05) is 5.32 Å². The predicted molar refractivity (Wildman–Crippen MR) is 62.4 cm³/mol. The molecule has 7 heteroatoms. The molecule has 18 heavy (non-hydrogen) atoms. The Morgan fingerprint density at radius 3 is 2.83 bits per heavy atom. The van der Waals surface area contributed by atoms with Crippen LogP contribution in [-0.2, 0) is 6.54 Å². The van der Waals surface area contributed by atoms with Gasteiger partial charge in [-0.3, -0.25) is 10.1 Å². The maximum absolute atomic E-state index is 13.3. The maximum atomic E-state index is 13.3. The summed E-state index contributed by atoms with van der Waals surface area (Å²) < 4.78 is 13.3. The van der Waals surface area contributed by atoms with E-state index in [0.29, 0.717) is 5.69 Å². The standard InChI is InChI=1S/C11H9FN4O2/c12-9-4-1-5-10(11(9)16(17)18)13-7-8-3-2-6-14-15-8/h1-6,13H,7H2. The topological polar surface area (TPSA) is 81.0 Å². The van der Waals surface area contributed by atoms with Gasteiger partial charge in [-0.05, 0) is 24.3 Å². The first-order valence-electron chi connectivity index (χ1n) is 5.12. The molecular weight excluding hydrogens is 239 g/mol. The number of rotatable bonds is 4. The van der Waals surface area contributed by atoms with Gasteiger partial charge in [0.15, 0.2) is 0 Å². The largest absolute Gasteiger partial charge is 0.374 e. The highest BCUT2D eigenvalue weighted by Crippen LogP contribution is 2.27. The van der Waals surface area contributed by atoms with Crippen LogP contribution >= 0.6 is 0 Å². The molecule has 1 aromatic carbocycles. The Labute approximate surface area is 102 Å². The van der Waals surface area contributed by atoms with E-state index >= 15 is 0 Å². The van der Waals surface area contributed by atoms with E-state index in [2.05, 4.69) is 15.5 Å². The number of hydrogen-bond donors (Lipinski definition) is 1. The lowest BCUT2D eigenvalue weighted by Crippen LogP contribution is -2.05. The highest BCUT2D eigenvalue weighted by atomic mass is 19.1. The summed E-state index contributed by atoms with van der Waals surface area (Å²) in [5.41, 5.74) is 0.156. The summed E-state index contributed by atoms with van der Waals surface area (Å²) in [5, 5.41) is 21.0. The molecule has 1 N–H and O–H groups in total. The molecule has 0 aliphatic heterocycles. The molecule has 0 unspecified atom stereocenters. The van der Waals surface area contributed by atoms with Crippen LogP contribution in [0.15, 0.2) is 36.5 Å². The molecule has 2 aromatic rings. The van der Waals surface area contributed by atoms with Gasteiger partial charge in [-0.25, -0.2) is 0 Å². The molecular formula is C11H9FN4O2. The first-order chi connectivity index (χ1) is 8.68. The maximum Gasteiger partial charge on any atom is 0.327 e. The Bertz CT molecular complexity index is 562. The van der Waals surface area contributed by atoms with E-state index in [1.54, 1.807) is 12.1 Å². The molecule has 0 fully saturated rings. The molecule has 6 nitrogen and oxygen atoms in total. The van der Waals surface area contributed by atoms with E-state index in [4.69, 9.17) is 0 Å². The number of nitro groups is 1. The average molecular weight is 248 g/mol. The molecule has 0 bridgehead atoms. The molecule has 0 amide bonds. The van der Waals surface area contributed by atoms with Crippen molar-refractivity contribution in [3.8, 4) is 0 Å². The second-order valence-corrected chi connectivity index (χ2v) is 3.46. The molecule has 92 valence electrons. The number of nitrogens with one attached hydrogen (secondary N) is 1. The van der Waals surface area contributed by atoms with Gasteiger partial charge >= 0.3 is 5.69 Å². The Morgan fingerprint density at radius 2 is 2.17 bits per heavy atom. The summed E-state index contributed by atoms with van der Waals surface area (Å²) in [7, 11) is 0. The number of anilines is 1. The highest BCUT2D eigenvalue weighted by molar-refractivity contribution is 5.61.